The van der Waals surface area contributed by atoms with Crippen molar-refractivity contribution in [1.82, 2.24) is 0 Å². The van der Waals surface area contributed by atoms with Crippen LogP contribution in [0.5, 0.6) is 23.0 Å². The Morgan fingerprint density at radius 1 is 0.760 bits per heavy atom. The lowest BCUT2D eigenvalue weighted by Crippen LogP contribution is -2.05. The predicted molar refractivity (Wildman–Crippen MR) is 97.8 cm³/mol. The first-order chi connectivity index (χ1) is 12.2. The van der Waals surface area contributed by atoms with Crippen molar-refractivity contribution < 1.29 is 18.9 Å². The van der Waals surface area contributed by atoms with Gasteiger partial charge in [-0.15, -0.1) is 0 Å². The summed E-state index contributed by atoms with van der Waals surface area (Å²) in [6.45, 7) is 0.528. The van der Waals surface area contributed by atoms with Crippen LogP contribution >= 0.6 is 0 Å². The first kappa shape index (κ1) is 18.5. The summed E-state index contributed by atoms with van der Waals surface area (Å²) in [6.07, 6.45) is 0.705. The van der Waals surface area contributed by atoms with Gasteiger partial charge in [-0.1, -0.05) is 11.8 Å². The normalized spacial score (nSPS) is 9.80. The van der Waals surface area contributed by atoms with E-state index in [2.05, 4.69) is 11.8 Å². The largest absolute Gasteiger partial charge is 0.493 e. The maximum Gasteiger partial charge on any atom is 0.161 e. The van der Waals surface area contributed by atoms with Gasteiger partial charge in [0, 0.05) is 11.1 Å². The zero-order valence-corrected chi connectivity index (χ0v) is 15.0. The molecule has 5 nitrogen and oxygen atoms in total. The fourth-order valence-corrected chi connectivity index (χ4v) is 2.45. The molecule has 0 aliphatic rings. The average molecular weight is 341 g/mol. The van der Waals surface area contributed by atoms with Crippen LogP contribution in [-0.4, -0.2) is 35.0 Å². The maximum absolute atomic E-state index is 5.72. The van der Waals surface area contributed by atoms with E-state index in [0.717, 1.165) is 16.7 Å². The molecule has 0 unspecified atom stereocenters. The van der Waals surface area contributed by atoms with E-state index >= 15 is 0 Å². The molecular weight excluding hydrogens is 318 g/mol. The summed E-state index contributed by atoms with van der Waals surface area (Å²) >= 11 is 0. The van der Waals surface area contributed by atoms with E-state index < -0.39 is 0 Å². The first-order valence-electron chi connectivity index (χ1n) is 7.85. The summed E-state index contributed by atoms with van der Waals surface area (Å²) in [5, 5.41) is 0. The van der Waals surface area contributed by atoms with Gasteiger partial charge in [-0.2, -0.15) is 0 Å². The molecule has 0 saturated heterocycles. The lowest BCUT2D eigenvalue weighted by Gasteiger charge is -2.11. The fourth-order valence-electron chi connectivity index (χ4n) is 2.45. The maximum atomic E-state index is 5.72. The Labute approximate surface area is 148 Å². The molecule has 5 heteroatoms. The lowest BCUT2D eigenvalue weighted by atomic mass is 10.0. The number of benzene rings is 2. The second-order valence-corrected chi connectivity index (χ2v) is 5.22. The van der Waals surface area contributed by atoms with Crippen LogP contribution in [-0.2, 0) is 6.42 Å². The summed E-state index contributed by atoms with van der Waals surface area (Å²) < 4.78 is 21.3. The quantitative estimate of drug-likeness (QED) is 0.819. The molecule has 0 amide bonds. The van der Waals surface area contributed by atoms with Crippen molar-refractivity contribution in [1.29, 1.82) is 0 Å². The smallest absolute Gasteiger partial charge is 0.161 e. The molecule has 2 N–H and O–H groups in total. The van der Waals surface area contributed by atoms with E-state index in [1.165, 1.54) is 0 Å². The van der Waals surface area contributed by atoms with E-state index in [1.807, 2.05) is 30.3 Å². The molecule has 0 radical (unpaired) electrons. The molecule has 0 spiro atoms. The molecule has 2 aromatic rings. The molecule has 0 aliphatic heterocycles. The van der Waals surface area contributed by atoms with Crippen molar-refractivity contribution >= 4 is 0 Å². The van der Waals surface area contributed by atoms with Gasteiger partial charge in [0.25, 0.3) is 0 Å². The number of hydrogen-bond donors (Lipinski definition) is 1. The zero-order valence-electron chi connectivity index (χ0n) is 15.0. The number of ether oxygens (including phenoxy) is 4. The van der Waals surface area contributed by atoms with Gasteiger partial charge < -0.3 is 24.7 Å². The minimum absolute atomic E-state index is 0.528. The number of rotatable bonds is 6. The van der Waals surface area contributed by atoms with Crippen LogP contribution in [0, 0.1) is 11.8 Å². The molecule has 2 rings (SSSR count). The van der Waals surface area contributed by atoms with Crippen molar-refractivity contribution in [2.24, 2.45) is 5.73 Å². The molecule has 0 atom stereocenters. The van der Waals surface area contributed by atoms with Gasteiger partial charge in [0.2, 0.25) is 0 Å². The highest BCUT2D eigenvalue weighted by Crippen LogP contribution is 2.31. The highest BCUT2D eigenvalue weighted by atomic mass is 16.5. The van der Waals surface area contributed by atoms with Crippen LogP contribution in [0.1, 0.15) is 16.7 Å². The van der Waals surface area contributed by atoms with Crippen molar-refractivity contribution in [3.05, 3.63) is 47.0 Å². The summed E-state index contributed by atoms with van der Waals surface area (Å²) in [7, 11) is 6.42. The highest BCUT2D eigenvalue weighted by molar-refractivity contribution is 5.56. The Kier molecular flexibility index (Phi) is 6.55. The first-order valence-corrected chi connectivity index (χ1v) is 7.85. The number of hydrogen-bond acceptors (Lipinski definition) is 5. The average Bonchev–Trinajstić information content (AvgIpc) is 2.66. The molecule has 132 valence electrons. The molecular formula is C20H23NO4. The summed E-state index contributed by atoms with van der Waals surface area (Å²) in [5.41, 5.74) is 8.42. The Morgan fingerprint density at radius 2 is 1.36 bits per heavy atom. The van der Waals surface area contributed by atoms with E-state index in [4.69, 9.17) is 24.7 Å². The molecule has 0 aromatic heterocycles. The van der Waals surface area contributed by atoms with Crippen LogP contribution in [0.15, 0.2) is 30.3 Å². The third-order valence-corrected chi connectivity index (χ3v) is 3.75. The van der Waals surface area contributed by atoms with Crippen LogP contribution in [0.2, 0.25) is 0 Å². The second kappa shape index (κ2) is 8.86. The topological polar surface area (TPSA) is 62.9 Å². The summed E-state index contributed by atoms with van der Waals surface area (Å²) in [6, 6.07) is 9.35. The Hall–Kier alpha value is -2.84. The van der Waals surface area contributed by atoms with Gasteiger partial charge >= 0.3 is 0 Å². The van der Waals surface area contributed by atoms with Gasteiger partial charge in [-0.05, 0) is 48.9 Å². The minimum atomic E-state index is 0.528. The highest BCUT2D eigenvalue weighted by Gasteiger charge is 2.10. The van der Waals surface area contributed by atoms with Crippen LogP contribution in [0.25, 0.3) is 0 Å². The standard InChI is InChI=1S/C20H23NO4/c1-22-17-8-6-14(11-18(17)23-2)5-7-15-12-19(24-3)20(25-4)13-16(15)9-10-21/h6,8,11-13H,9-10,21H2,1-4H3. The van der Waals surface area contributed by atoms with Gasteiger partial charge in [0.1, 0.15) is 0 Å². The number of methoxy groups -OCH3 is 4. The monoisotopic (exact) mass is 341 g/mol. The van der Waals surface area contributed by atoms with Gasteiger partial charge in [-0.25, -0.2) is 0 Å². The Morgan fingerprint density at radius 3 is 1.96 bits per heavy atom. The van der Waals surface area contributed by atoms with Crippen LogP contribution in [0.4, 0.5) is 0 Å². The van der Waals surface area contributed by atoms with Crippen molar-refractivity contribution in [2.75, 3.05) is 35.0 Å². The summed E-state index contributed by atoms with van der Waals surface area (Å²) in [5.74, 6) is 8.96. The third-order valence-electron chi connectivity index (χ3n) is 3.75. The number of nitrogens with two attached hydrogens (primary N) is 1. The SMILES string of the molecule is COc1ccc(C#Cc2cc(OC)c(OC)cc2CCN)cc1OC. The molecule has 0 heterocycles. The predicted octanol–water partition coefficient (Wildman–Crippen LogP) is 2.62. The molecule has 0 bridgehead atoms. The van der Waals surface area contributed by atoms with Crippen LogP contribution in [0.3, 0.4) is 0 Å². The van der Waals surface area contributed by atoms with E-state index in [0.29, 0.717) is 36.0 Å². The van der Waals surface area contributed by atoms with Gasteiger partial charge in [-0.3, -0.25) is 0 Å². The second-order valence-electron chi connectivity index (χ2n) is 5.22. The van der Waals surface area contributed by atoms with Crippen molar-refractivity contribution in [3.63, 3.8) is 0 Å². The van der Waals surface area contributed by atoms with Gasteiger partial charge in [0.15, 0.2) is 23.0 Å². The Bertz CT molecular complexity index is 790. The van der Waals surface area contributed by atoms with E-state index in [9.17, 15) is 0 Å². The molecule has 2 aromatic carbocycles. The van der Waals surface area contributed by atoms with Gasteiger partial charge in [0.05, 0.1) is 28.4 Å². The van der Waals surface area contributed by atoms with E-state index in [1.54, 1.807) is 28.4 Å². The lowest BCUT2D eigenvalue weighted by molar-refractivity contribution is 0.354. The van der Waals surface area contributed by atoms with Crippen molar-refractivity contribution in [2.45, 2.75) is 6.42 Å². The zero-order chi connectivity index (χ0) is 18.2. The van der Waals surface area contributed by atoms with Crippen molar-refractivity contribution in [3.8, 4) is 34.8 Å². The molecule has 25 heavy (non-hydrogen) atoms. The summed E-state index contributed by atoms with van der Waals surface area (Å²) in [4.78, 5) is 0. The van der Waals surface area contributed by atoms with Crippen LogP contribution < -0.4 is 24.7 Å². The Balaban J connectivity index is 2.44. The minimum Gasteiger partial charge on any atom is -0.493 e. The molecule has 0 aliphatic carbocycles. The molecule has 0 fully saturated rings. The fraction of sp³-hybridized carbons (Fsp3) is 0.300. The van der Waals surface area contributed by atoms with E-state index in [-0.39, 0.29) is 0 Å². The molecule has 0 saturated carbocycles. The third kappa shape index (κ3) is 4.37.